The number of carbonyl (C=O) groups is 5. The quantitative estimate of drug-likeness (QED) is 0.0133. The standard InChI is InChI=1S/C57H59N3O16/c1-37(61)30-31-45(62)72-49-46(43(70-53(64)40-24-12-4-13-25-40)35-68-52(63)39-22-10-3-11-23-39)75-57(51(49)73-54(65)41-26-14-5-15-27-41)76-48-47-44(36-69-55(74-47)42-28-16-6-17-29-42)71-56(66-33-19-7-18-32-59-60-58)50(48)67-34-38-20-8-2-9-21-38/h2-6,8-17,20-29,43-44,46-51,55-57H,7,18-19,30-36H2,1H3/t43-,44?,46?,47?,48?,49?,50?,51?,55?,56?,57?/m1/s1. The van der Waals surface area contributed by atoms with Crippen LogP contribution in [0.3, 0.4) is 0 Å². The second-order valence-electron chi connectivity index (χ2n) is 18.1. The van der Waals surface area contributed by atoms with Gasteiger partial charge in [-0.25, -0.2) is 14.4 Å². The summed E-state index contributed by atoms with van der Waals surface area (Å²) in [5.74, 6) is -3.66. The van der Waals surface area contributed by atoms with Crippen LogP contribution in [0.4, 0.5) is 0 Å². The van der Waals surface area contributed by atoms with Gasteiger partial charge in [-0.3, -0.25) is 4.79 Å². The molecule has 19 heteroatoms. The molecule has 3 aliphatic heterocycles. The second kappa shape index (κ2) is 28.0. The van der Waals surface area contributed by atoms with Crippen LogP contribution < -0.4 is 0 Å². The van der Waals surface area contributed by atoms with Crippen LogP contribution in [0.1, 0.15) is 87.5 Å². The van der Waals surface area contributed by atoms with E-state index in [9.17, 15) is 24.0 Å². The SMILES string of the molecule is CC(=O)CCC(=O)OC1C(OC(=O)c2ccccc2)C(OC2C3OC(c4ccccc4)OCC3OC(OCCCCCN=[N+]=[N-])C2OCc2ccccc2)OC1[C@@H](COC(=O)c1ccccc1)OC(=O)c1ccccc1. The third kappa shape index (κ3) is 15.2. The van der Waals surface area contributed by atoms with Crippen molar-refractivity contribution >= 4 is 29.7 Å². The van der Waals surface area contributed by atoms with E-state index in [1.165, 1.54) is 31.2 Å². The number of azide groups is 1. The highest BCUT2D eigenvalue weighted by atomic mass is 16.8. The van der Waals surface area contributed by atoms with Gasteiger partial charge in [-0.1, -0.05) is 127 Å². The Bertz CT molecular complexity index is 2700. The number of fused-ring (bicyclic) bond motifs is 1. The summed E-state index contributed by atoms with van der Waals surface area (Å²) in [5.41, 5.74) is 10.7. The molecule has 0 spiro atoms. The Labute approximate surface area is 439 Å². The summed E-state index contributed by atoms with van der Waals surface area (Å²) in [6.45, 7) is 1.24. The molecule has 0 aliphatic carbocycles. The molecule has 0 aromatic heterocycles. The normalized spacial score (nSPS) is 24.2. The molecule has 5 aromatic carbocycles. The minimum atomic E-state index is -1.69. The van der Waals surface area contributed by atoms with Gasteiger partial charge in [0.25, 0.3) is 0 Å². The van der Waals surface area contributed by atoms with Gasteiger partial charge in [0.15, 0.2) is 37.2 Å². The molecule has 10 unspecified atom stereocenters. The molecule has 11 atom stereocenters. The van der Waals surface area contributed by atoms with Crippen LogP contribution in [0.25, 0.3) is 10.4 Å². The van der Waals surface area contributed by atoms with Gasteiger partial charge in [-0.2, -0.15) is 0 Å². The average molecular weight is 1040 g/mol. The zero-order valence-corrected chi connectivity index (χ0v) is 41.7. The van der Waals surface area contributed by atoms with Crippen LogP contribution >= 0.6 is 0 Å². The number of ketones is 1. The van der Waals surface area contributed by atoms with Crippen molar-refractivity contribution in [3.05, 3.63) is 190 Å². The Morgan fingerprint density at radius 2 is 1.25 bits per heavy atom. The summed E-state index contributed by atoms with van der Waals surface area (Å²) in [6, 6.07) is 42.8. The van der Waals surface area contributed by atoms with E-state index in [-0.39, 0.29) is 55.1 Å². The Hall–Kier alpha value is -7.32. The van der Waals surface area contributed by atoms with E-state index in [0.717, 1.165) is 5.56 Å². The van der Waals surface area contributed by atoms with E-state index in [1.54, 1.807) is 66.7 Å². The van der Waals surface area contributed by atoms with Crippen LogP contribution in [0.15, 0.2) is 157 Å². The fourth-order valence-corrected chi connectivity index (χ4v) is 8.78. The molecule has 76 heavy (non-hydrogen) atoms. The number of esters is 4. The number of benzene rings is 5. The van der Waals surface area contributed by atoms with E-state index in [1.807, 2.05) is 60.7 Å². The molecule has 0 amide bonds. The first-order valence-corrected chi connectivity index (χ1v) is 25.1. The summed E-state index contributed by atoms with van der Waals surface area (Å²) in [5, 5.41) is 3.63. The zero-order chi connectivity index (χ0) is 53.1. The number of carbonyl (C=O) groups excluding carboxylic acids is 5. The van der Waals surface area contributed by atoms with E-state index >= 15 is 0 Å². The number of unbranched alkanes of at least 4 members (excludes halogenated alkanes) is 2. The number of rotatable bonds is 25. The minimum absolute atomic E-state index is 0.00275. The molecule has 8 rings (SSSR count). The van der Waals surface area contributed by atoms with E-state index in [2.05, 4.69) is 10.0 Å². The molecule has 3 aliphatic rings. The van der Waals surface area contributed by atoms with E-state index < -0.39 is 98.2 Å². The smallest absolute Gasteiger partial charge is 0.338 e. The lowest BCUT2D eigenvalue weighted by molar-refractivity contribution is -0.384. The maximum absolute atomic E-state index is 14.3. The van der Waals surface area contributed by atoms with Crippen molar-refractivity contribution in [2.24, 2.45) is 5.11 Å². The molecular weight excluding hydrogens is 983 g/mol. The molecule has 0 N–H and O–H groups in total. The Morgan fingerprint density at radius 3 is 1.89 bits per heavy atom. The topological polar surface area (TPSA) is 236 Å². The number of hydrogen-bond acceptors (Lipinski definition) is 17. The molecule has 19 nitrogen and oxygen atoms in total. The maximum Gasteiger partial charge on any atom is 0.338 e. The lowest BCUT2D eigenvalue weighted by atomic mass is 9.96. The van der Waals surface area contributed by atoms with Crippen LogP contribution in [0, 0.1) is 0 Å². The van der Waals surface area contributed by atoms with Crippen LogP contribution in [0.2, 0.25) is 0 Å². The Balaban J connectivity index is 1.21. The summed E-state index contributed by atoms with van der Waals surface area (Å²) in [4.78, 5) is 70.9. The van der Waals surface area contributed by atoms with Crippen molar-refractivity contribution in [1.29, 1.82) is 0 Å². The van der Waals surface area contributed by atoms with Crippen molar-refractivity contribution in [2.75, 3.05) is 26.4 Å². The minimum Gasteiger partial charge on any atom is -0.458 e. The monoisotopic (exact) mass is 1040 g/mol. The Morgan fingerprint density at radius 1 is 0.632 bits per heavy atom. The molecular formula is C57H59N3O16. The molecule has 0 radical (unpaired) electrons. The molecule has 3 fully saturated rings. The lowest BCUT2D eigenvalue weighted by Crippen LogP contribution is -2.64. The lowest BCUT2D eigenvalue weighted by Gasteiger charge is -2.49. The van der Waals surface area contributed by atoms with E-state index in [0.29, 0.717) is 31.4 Å². The van der Waals surface area contributed by atoms with Gasteiger partial charge < -0.3 is 56.9 Å². The molecule has 398 valence electrons. The third-order valence-corrected chi connectivity index (χ3v) is 12.6. The van der Waals surface area contributed by atoms with Gasteiger partial charge in [0.05, 0.1) is 36.3 Å². The van der Waals surface area contributed by atoms with Crippen molar-refractivity contribution in [1.82, 2.24) is 0 Å². The predicted octanol–water partition coefficient (Wildman–Crippen LogP) is 8.61. The molecule has 0 saturated carbocycles. The first kappa shape index (κ1) is 54.9. The highest BCUT2D eigenvalue weighted by Gasteiger charge is 2.59. The van der Waals surface area contributed by atoms with Gasteiger partial charge in [0.1, 0.15) is 42.9 Å². The van der Waals surface area contributed by atoms with Crippen LogP contribution in [0.5, 0.6) is 0 Å². The number of ether oxygens (including phenoxy) is 11. The average Bonchev–Trinajstić information content (AvgIpc) is 3.79. The van der Waals surface area contributed by atoms with Crippen molar-refractivity contribution in [2.45, 2.75) is 113 Å². The zero-order valence-electron chi connectivity index (χ0n) is 41.7. The van der Waals surface area contributed by atoms with E-state index in [4.69, 9.17) is 57.6 Å². The highest BCUT2D eigenvalue weighted by Crippen LogP contribution is 2.41. The first-order valence-electron chi connectivity index (χ1n) is 25.1. The summed E-state index contributed by atoms with van der Waals surface area (Å²) in [6.07, 6.45) is -13.1. The summed E-state index contributed by atoms with van der Waals surface area (Å²) in [7, 11) is 0. The highest BCUT2D eigenvalue weighted by molar-refractivity contribution is 5.91. The third-order valence-electron chi connectivity index (χ3n) is 12.6. The maximum atomic E-state index is 14.3. The number of hydrogen-bond donors (Lipinski definition) is 0. The number of nitrogens with zero attached hydrogens (tertiary/aromatic N) is 3. The van der Waals surface area contributed by atoms with Crippen molar-refractivity contribution in [3.8, 4) is 0 Å². The van der Waals surface area contributed by atoms with Crippen molar-refractivity contribution < 1.29 is 76.1 Å². The molecule has 5 aromatic rings. The second-order valence-corrected chi connectivity index (χ2v) is 18.1. The van der Waals surface area contributed by atoms with Crippen molar-refractivity contribution in [3.63, 3.8) is 0 Å². The first-order chi connectivity index (χ1) is 37.1. The molecule has 3 heterocycles. The predicted molar refractivity (Wildman–Crippen MR) is 269 cm³/mol. The fraction of sp³-hybridized carbons (Fsp3) is 0.386. The van der Waals surface area contributed by atoms with Gasteiger partial charge in [-0.05, 0) is 67.3 Å². The Kier molecular flexibility index (Phi) is 20.2. The molecule has 0 bridgehead atoms. The van der Waals surface area contributed by atoms with Crippen LogP contribution in [-0.4, -0.2) is 117 Å². The largest absolute Gasteiger partial charge is 0.458 e. The van der Waals surface area contributed by atoms with Gasteiger partial charge in [-0.15, -0.1) is 0 Å². The van der Waals surface area contributed by atoms with Gasteiger partial charge >= 0.3 is 23.9 Å². The van der Waals surface area contributed by atoms with Gasteiger partial charge in [0.2, 0.25) is 0 Å². The van der Waals surface area contributed by atoms with Gasteiger partial charge in [0, 0.05) is 30.0 Å². The number of Topliss-reactive ketones (excluding diaryl/α,β-unsaturated/α-hetero) is 1. The van der Waals surface area contributed by atoms with Crippen LogP contribution in [-0.2, 0) is 68.3 Å². The molecule has 3 saturated heterocycles. The summed E-state index contributed by atoms with van der Waals surface area (Å²) >= 11 is 0. The fourth-order valence-electron chi connectivity index (χ4n) is 8.78. The summed E-state index contributed by atoms with van der Waals surface area (Å²) < 4.78 is 71.3.